The Bertz CT molecular complexity index is 542. The first-order chi connectivity index (χ1) is 9.26. The van der Waals surface area contributed by atoms with Gasteiger partial charge in [-0.25, -0.2) is 4.98 Å². The molecule has 0 radical (unpaired) electrons. The number of nitrogens with one attached hydrogen (secondary N) is 1. The van der Waals surface area contributed by atoms with Gasteiger partial charge >= 0.3 is 0 Å². The van der Waals surface area contributed by atoms with E-state index < -0.39 is 0 Å². The molecule has 0 bridgehead atoms. The molecule has 6 nitrogen and oxygen atoms in total. The molecule has 2 heterocycles. The largest absolute Gasteiger partial charge is 0.382 e. The van der Waals surface area contributed by atoms with Crippen LogP contribution >= 0.6 is 11.6 Å². The minimum atomic E-state index is 0.209. The average molecular weight is 284 g/mol. The van der Waals surface area contributed by atoms with E-state index >= 15 is 0 Å². The minimum Gasteiger partial charge on any atom is -0.382 e. The van der Waals surface area contributed by atoms with Gasteiger partial charge in [-0.2, -0.15) is 9.97 Å². The van der Waals surface area contributed by atoms with Crippen molar-refractivity contribution in [1.29, 1.82) is 0 Å². The maximum atomic E-state index is 5.90. The monoisotopic (exact) mass is 283 g/mol. The van der Waals surface area contributed by atoms with Crippen molar-refractivity contribution in [3.63, 3.8) is 0 Å². The van der Waals surface area contributed by atoms with E-state index in [1.54, 1.807) is 6.33 Å². The smallest absolute Gasteiger partial charge is 0.226 e. The summed E-state index contributed by atoms with van der Waals surface area (Å²) in [6.07, 6.45) is 2.66. The van der Waals surface area contributed by atoms with Gasteiger partial charge in [0.2, 0.25) is 5.28 Å². The van der Waals surface area contributed by atoms with Crippen LogP contribution in [0.25, 0.3) is 11.2 Å². The summed E-state index contributed by atoms with van der Waals surface area (Å²) in [6, 6.07) is 0. The molecular formula is C12H18ClN5O. The fourth-order valence-corrected chi connectivity index (χ4v) is 2.01. The van der Waals surface area contributed by atoms with Crippen molar-refractivity contribution in [2.24, 2.45) is 0 Å². The molecule has 0 fully saturated rings. The second-order valence-corrected chi connectivity index (χ2v) is 4.36. The van der Waals surface area contributed by atoms with Crippen molar-refractivity contribution < 1.29 is 4.74 Å². The van der Waals surface area contributed by atoms with Crippen LogP contribution in [0.1, 0.15) is 20.3 Å². The number of aryl methyl sites for hydroxylation is 1. The van der Waals surface area contributed by atoms with Gasteiger partial charge < -0.3 is 14.6 Å². The molecule has 0 amide bonds. The molecule has 0 spiro atoms. The lowest BCUT2D eigenvalue weighted by atomic mass is 10.4. The zero-order valence-electron chi connectivity index (χ0n) is 11.2. The van der Waals surface area contributed by atoms with Gasteiger partial charge in [-0.15, -0.1) is 0 Å². The normalized spacial score (nSPS) is 11.1. The summed E-state index contributed by atoms with van der Waals surface area (Å²) in [5, 5.41) is 3.48. The fourth-order valence-electron chi connectivity index (χ4n) is 1.84. The second-order valence-electron chi connectivity index (χ2n) is 4.02. The SMILES string of the molecule is CCOCCCNc1nc(Cl)nc2ncn(CC)c12. The van der Waals surface area contributed by atoms with Gasteiger partial charge in [-0.05, 0) is 31.9 Å². The fraction of sp³-hybridized carbons (Fsp3) is 0.583. The standard InChI is InChI=1S/C12H18ClN5O/c1-3-18-8-15-11-9(18)10(16-12(13)17-11)14-6-5-7-19-4-2/h8H,3-7H2,1-2H3,(H,14,16,17). The van der Waals surface area contributed by atoms with Crippen molar-refractivity contribution in [2.45, 2.75) is 26.8 Å². The van der Waals surface area contributed by atoms with Gasteiger partial charge in [-0.1, -0.05) is 0 Å². The number of ether oxygens (including phenoxy) is 1. The zero-order valence-corrected chi connectivity index (χ0v) is 11.9. The number of halogens is 1. The Balaban J connectivity index is 2.14. The van der Waals surface area contributed by atoms with E-state index in [0.29, 0.717) is 5.65 Å². The van der Waals surface area contributed by atoms with E-state index in [1.165, 1.54) is 0 Å². The molecule has 0 aliphatic heterocycles. The first kappa shape index (κ1) is 14.0. The molecule has 0 unspecified atom stereocenters. The molecule has 0 saturated carbocycles. The summed E-state index contributed by atoms with van der Waals surface area (Å²) in [4.78, 5) is 12.6. The van der Waals surface area contributed by atoms with E-state index in [2.05, 4.69) is 27.2 Å². The van der Waals surface area contributed by atoms with E-state index in [0.717, 1.165) is 44.1 Å². The summed E-state index contributed by atoms with van der Waals surface area (Å²) in [5.41, 5.74) is 1.51. The second kappa shape index (κ2) is 6.68. The Hall–Kier alpha value is -1.40. The van der Waals surface area contributed by atoms with Crippen molar-refractivity contribution in [1.82, 2.24) is 19.5 Å². The number of rotatable bonds is 7. The Labute approximate surface area is 117 Å². The van der Waals surface area contributed by atoms with Gasteiger partial charge in [0, 0.05) is 26.3 Å². The number of aromatic nitrogens is 4. The summed E-state index contributed by atoms with van der Waals surface area (Å²) >= 11 is 5.90. The summed E-state index contributed by atoms with van der Waals surface area (Å²) in [6.45, 7) is 7.10. The molecule has 0 saturated heterocycles. The van der Waals surface area contributed by atoms with Gasteiger partial charge in [0.05, 0.1) is 6.33 Å². The van der Waals surface area contributed by atoms with E-state index in [1.807, 2.05) is 11.5 Å². The number of fused-ring (bicyclic) bond motifs is 1. The molecule has 7 heteroatoms. The van der Waals surface area contributed by atoms with Crippen LogP contribution in [0, 0.1) is 0 Å². The van der Waals surface area contributed by atoms with Crippen LogP contribution in [0.3, 0.4) is 0 Å². The molecule has 2 rings (SSSR count). The Morgan fingerprint density at radius 2 is 2.21 bits per heavy atom. The lowest BCUT2D eigenvalue weighted by Gasteiger charge is -2.09. The average Bonchev–Trinajstić information content (AvgIpc) is 2.81. The van der Waals surface area contributed by atoms with Gasteiger partial charge in [0.1, 0.15) is 5.52 Å². The molecule has 104 valence electrons. The Morgan fingerprint density at radius 3 is 2.95 bits per heavy atom. The molecule has 19 heavy (non-hydrogen) atoms. The highest BCUT2D eigenvalue weighted by atomic mass is 35.5. The molecule has 2 aromatic heterocycles. The Kier molecular flexibility index (Phi) is 4.93. The number of hydrogen-bond donors (Lipinski definition) is 1. The van der Waals surface area contributed by atoms with Crippen LogP contribution in [0.4, 0.5) is 5.82 Å². The lowest BCUT2D eigenvalue weighted by molar-refractivity contribution is 0.147. The Morgan fingerprint density at radius 1 is 1.37 bits per heavy atom. The van der Waals surface area contributed by atoms with E-state index in [9.17, 15) is 0 Å². The third-order valence-corrected chi connectivity index (χ3v) is 2.92. The van der Waals surface area contributed by atoms with Crippen molar-refractivity contribution >= 4 is 28.6 Å². The number of nitrogens with zero attached hydrogens (tertiary/aromatic N) is 4. The van der Waals surface area contributed by atoms with Crippen LogP contribution in [-0.2, 0) is 11.3 Å². The summed E-state index contributed by atoms with van der Waals surface area (Å²) in [5.74, 6) is 0.728. The van der Waals surface area contributed by atoms with Crippen molar-refractivity contribution in [3.05, 3.63) is 11.6 Å². The number of imidazole rings is 1. The first-order valence-electron chi connectivity index (χ1n) is 6.46. The minimum absolute atomic E-state index is 0.209. The van der Waals surface area contributed by atoms with Crippen LogP contribution < -0.4 is 5.32 Å². The molecule has 0 atom stereocenters. The highest BCUT2D eigenvalue weighted by molar-refractivity contribution is 6.28. The van der Waals surface area contributed by atoms with Crippen LogP contribution in [-0.4, -0.2) is 39.3 Å². The van der Waals surface area contributed by atoms with Crippen LogP contribution in [0.5, 0.6) is 0 Å². The van der Waals surface area contributed by atoms with E-state index in [4.69, 9.17) is 16.3 Å². The highest BCUT2D eigenvalue weighted by Crippen LogP contribution is 2.21. The van der Waals surface area contributed by atoms with Gasteiger partial charge in [-0.3, -0.25) is 0 Å². The molecule has 2 aromatic rings. The summed E-state index contributed by atoms with van der Waals surface area (Å²) in [7, 11) is 0. The first-order valence-corrected chi connectivity index (χ1v) is 6.84. The third kappa shape index (κ3) is 3.33. The predicted molar refractivity (Wildman–Crippen MR) is 75.6 cm³/mol. The number of hydrogen-bond acceptors (Lipinski definition) is 5. The van der Waals surface area contributed by atoms with Crippen molar-refractivity contribution in [2.75, 3.05) is 25.1 Å². The maximum absolute atomic E-state index is 5.90. The maximum Gasteiger partial charge on any atom is 0.226 e. The molecular weight excluding hydrogens is 266 g/mol. The molecule has 0 aliphatic rings. The van der Waals surface area contributed by atoms with Gasteiger partial charge in [0.15, 0.2) is 11.5 Å². The van der Waals surface area contributed by atoms with Crippen LogP contribution in [0.15, 0.2) is 6.33 Å². The lowest BCUT2D eigenvalue weighted by Crippen LogP contribution is -2.09. The molecule has 0 aliphatic carbocycles. The topological polar surface area (TPSA) is 64.9 Å². The molecule has 1 N–H and O–H groups in total. The van der Waals surface area contributed by atoms with Crippen molar-refractivity contribution in [3.8, 4) is 0 Å². The predicted octanol–water partition coefficient (Wildman–Crippen LogP) is 2.34. The third-order valence-electron chi connectivity index (χ3n) is 2.75. The van der Waals surface area contributed by atoms with Crippen LogP contribution in [0.2, 0.25) is 5.28 Å². The summed E-state index contributed by atoms with van der Waals surface area (Å²) < 4.78 is 7.29. The molecule has 0 aromatic carbocycles. The highest BCUT2D eigenvalue weighted by Gasteiger charge is 2.11. The van der Waals surface area contributed by atoms with E-state index in [-0.39, 0.29) is 5.28 Å². The number of anilines is 1. The quantitative estimate of drug-likeness (QED) is 0.624. The zero-order chi connectivity index (χ0) is 13.7. The van der Waals surface area contributed by atoms with Gasteiger partial charge in [0.25, 0.3) is 0 Å².